The zero-order chi connectivity index (χ0) is 9.03. The van der Waals surface area contributed by atoms with E-state index in [9.17, 15) is 0 Å². The molecule has 1 fully saturated rings. The molecule has 2 heteroatoms. The maximum absolute atomic E-state index is 8.91. The molecule has 1 atom stereocenters. The molecule has 72 valence electrons. The van der Waals surface area contributed by atoms with Gasteiger partial charge in [-0.1, -0.05) is 12.8 Å². The molecule has 0 heterocycles. The second-order valence-electron chi connectivity index (χ2n) is 3.97. The summed E-state index contributed by atoms with van der Waals surface area (Å²) < 4.78 is 5.50. The van der Waals surface area contributed by atoms with Crippen molar-refractivity contribution in [1.29, 1.82) is 0 Å². The number of aliphatic hydroxyl groups excluding tert-OH is 1. The fourth-order valence-corrected chi connectivity index (χ4v) is 2.23. The normalized spacial score (nSPS) is 24.2. The van der Waals surface area contributed by atoms with Gasteiger partial charge >= 0.3 is 0 Å². The van der Waals surface area contributed by atoms with E-state index in [1.807, 2.05) is 0 Å². The summed E-state index contributed by atoms with van der Waals surface area (Å²) >= 11 is 0. The first-order chi connectivity index (χ1) is 5.73. The van der Waals surface area contributed by atoms with Crippen LogP contribution < -0.4 is 0 Å². The highest BCUT2D eigenvalue weighted by molar-refractivity contribution is 4.86. The van der Waals surface area contributed by atoms with E-state index in [0.717, 1.165) is 6.42 Å². The summed E-state index contributed by atoms with van der Waals surface area (Å²) in [5.74, 6) is 0.662. The van der Waals surface area contributed by atoms with E-state index in [2.05, 4.69) is 6.92 Å². The third kappa shape index (κ3) is 1.99. The van der Waals surface area contributed by atoms with Crippen LogP contribution in [0.3, 0.4) is 0 Å². The number of hydrogen-bond acceptors (Lipinski definition) is 2. The van der Waals surface area contributed by atoms with Crippen LogP contribution in [-0.4, -0.2) is 24.4 Å². The number of ether oxygens (including phenoxy) is 1. The Balaban J connectivity index is 2.51. The molecule has 1 rings (SSSR count). The lowest BCUT2D eigenvalue weighted by molar-refractivity contribution is -0.0568. The molecule has 0 aromatic rings. The Hall–Kier alpha value is -0.0800. The molecule has 0 radical (unpaired) electrons. The number of methoxy groups -OCH3 is 1. The van der Waals surface area contributed by atoms with Gasteiger partial charge in [0, 0.05) is 13.7 Å². The summed E-state index contributed by atoms with van der Waals surface area (Å²) in [6, 6.07) is 0. The van der Waals surface area contributed by atoms with Crippen molar-refractivity contribution in [3.8, 4) is 0 Å². The van der Waals surface area contributed by atoms with E-state index >= 15 is 0 Å². The molecule has 0 amide bonds. The third-order valence-corrected chi connectivity index (χ3v) is 3.29. The quantitative estimate of drug-likeness (QED) is 0.702. The highest BCUT2D eigenvalue weighted by atomic mass is 16.5. The minimum Gasteiger partial charge on any atom is -0.396 e. The topological polar surface area (TPSA) is 29.5 Å². The smallest absolute Gasteiger partial charge is 0.0700 e. The summed E-state index contributed by atoms with van der Waals surface area (Å²) in [6.45, 7) is 2.36. The fourth-order valence-electron chi connectivity index (χ4n) is 2.23. The van der Waals surface area contributed by atoms with Crippen molar-refractivity contribution in [3.63, 3.8) is 0 Å². The lowest BCUT2D eigenvalue weighted by Gasteiger charge is -2.33. The van der Waals surface area contributed by atoms with Crippen molar-refractivity contribution in [3.05, 3.63) is 0 Å². The van der Waals surface area contributed by atoms with Gasteiger partial charge in [0.2, 0.25) is 0 Å². The maximum Gasteiger partial charge on any atom is 0.0700 e. The summed E-state index contributed by atoms with van der Waals surface area (Å²) in [5.41, 5.74) is -0.0781. The van der Waals surface area contributed by atoms with Crippen LogP contribution in [0.25, 0.3) is 0 Å². The predicted molar refractivity (Wildman–Crippen MR) is 49.1 cm³/mol. The van der Waals surface area contributed by atoms with Crippen LogP contribution >= 0.6 is 0 Å². The molecule has 1 N–H and O–H groups in total. The van der Waals surface area contributed by atoms with Crippen molar-refractivity contribution >= 4 is 0 Å². The molecule has 0 saturated heterocycles. The minimum atomic E-state index is -0.0781. The van der Waals surface area contributed by atoms with Crippen LogP contribution in [0, 0.1) is 5.92 Å². The van der Waals surface area contributed by atoms with Crippen molar-refractivity contribution in [2.75, 3.05) is 13.7 Å². The molecule has 1 aliphatic rings. The van der Waals surface area contributed by atoms with Gasteiger partial charge in [-0.2, -0.15) is 0 Å². The van der Waals surface area contributed by atoms with E-state index in [1.54, 1.807) is 7.11 Å². The SMILES string of the molecule is COC(C)(CCO)C1CCCC1. The summed E-state index contributed by atoms with van der Waals surface area (Å²) in [7, 11) is 1.76. The number of hydrogen-bond donors (Lipinski definition) is 1. The minimum absolute atomic E-state index is 0.0781. The van der Waals surface area contributed by atoms with Crippen LogP contribution in [0.5, 0.6) is 0 Å². The zero-order valence-corrected chi connectivity index (χ0v) is 8.18. The first kappa shape index (κ1) is 10.0. The molecule has 1 saturated carbocycles. The molecule has 0 bridgehead atoms. The van der Waals surface area contributed by atoms with Crippen LogP contribution in [0.15, 0.2) is 0 Å². The van der Waals surface area contributed by atoms with Crippen molar-refractivity contribution in [2.45, 2.75) is 44.6 Å². The average Bonchev–Trinajstić information content (AvgIpc) is 2.57. The lowest BCUT2D eigenvalue weighted by atomic mass is 9.85. The van der Waals surface area contributed by atoms with Gasteiger partial charge in [-0.05, 0) is 32.1 Å². The van der Waals surface area contributed by atoms with Crippen molar-refractivity contribution in [1.82, 2.24) is 0 Å². The Labute approximate surface area is 74.9 Å². The van der Waals surface area contributed by atoms with Crippen LogP contribution in [0.4, 0.5) is 0 Å². The molecular weight excluding hydrogens is 152 g/mol. The molecule has 12 heavy (non-hydrogen) atoms. The van der Waals surface area contributed by atoms with E-state index in [-0.39, 0.29) is 12.2 Å². The summed E-state index contributed by atoms with van der Waals surface area (Å²) in [5, 5.41) is 8.91. The molecule has 0 aromatic carbocycles. The standard InChI is InChI=1S/C10H20O2/c1-10(12-2,7-8-11)9-5-3-4-6-9/h9,11H,3-8H2,1-2H3. The first-order valence-corrected chi connectivity index (χ1v) is 4.89. The van der Waals surface area contributed by atoms with Gasteiger partial charge in [-0.15, -0.1) is 0 Å². The first-order valence-electron chi connectivity index (χ1n) is 4.89. The Bertz CT molecular complexity index is 130. The van der Waals surface area contributed by atoms with Gasteiger partial charge in [0.25, 0.3) is 0 Å². The number of rotatable bonds is 4. The molecule has 1 aliphatic carbocycles. The molecule has 1 unspecified atom stereocenters. The molecular formula is C10H20O2. The Morgan fingerprint density at radius 2 is 2.00 bits per heavy atom. The Kier molecular flexibility index (Phi) is 3.53. The average molecular weight is 172 g/mol. The van der Waals surface area contributed by atoms with Crippen molar-refractivity contribution in [2.24, 2.45) is 5.92 Å². The second-order valence-corrected chi connectivity index (χ2v) is 3.97. The highest BCUT2D eigenvalue weighted by Gasteiger charge is 2.35. The largest absolute Gasteiger partial charge is 0.396 e. The van der Waals surface area contributed by atoms with E-state index in [1.165, 1.54) is 25.7 Å². The second kappa shape index (κ2) is 4.24. The number of aliphatic hydroxyl groups is 1. The summed E-state index contributed by atoms with van der Waals surface area (Å²) in [4.78, 5) is 0. The van der Waals surface area contributed by atoms with Crippen LogP contribution in [0.2, 0.25) is 0 Å². The van der Waals surface area contributed by atoms with Crippen molar-refractivity contribution < 1.29 is 9.84 Å². The zero-order valence-electron chi connectivity index (χ0n) is 8.18. The van der Waals surface area contributed by atoms with Gasteiger partial charge in [-0.25, -0.2) is 0 Å². The molecule has 0 aliphatic heterocycles. The Morgan fingerprint density at radius 3 is 2.42 bits per heavy atom. The maximum atomic E-state index is 8.91. The lowest BCUT2D eigenvalue weighted by Crippen LogP contribution is -2.36. The van der Waals surface area contributed by atoms with Gasteiger partial charge in [0.1, 0.15) is 0 Å². The molecule has 0 spiro atoms. The van der Waals surface area contributed by atoms with E-state index < -0.39 is 0 Å². The van der Waals surface area contributed by atoms with Crippen LogP contribution in [-0.2, 0) is 4.74 Å². The van der Waals surface area contributed by atoms with Gasteiger partial charge in [0.15, 0.2) is 0 Å². The Morgan fingerprint density at radius 1 is 1.42 bits per heavy atom. The van der Waals surface area contributed by atoms with E-state index in [0.29, 0.717) is 5.92 Å². The third-order valence-electron chi connectivity index (χ3n) is 3.29. The fraction of sp³-hybridized carbons (Fsp3) is 1.00. The predicted octanol–water partition coefficient (Wildman–Crippen LogP) is 1.96. The monoisotopic (exact) mass is 172 g/mol. The van der Waals surface area contributed by atoms with Gasteiger partial charge in [-0.3, -0.25) is 0 Å². The molecule has 2 nitrogen and oxygen atoms in total. The van der Waals surface area contributed by atoms with Crippen LogP contribution in [0.1, 0.15) is 39.0 Å². The highest BCUT2D eigenvalue weighted by Crippen LogP contribution is 2.37. The van der Waals surface area contributed by atoms with Gasteiger partial charge < -0.3 is 9.84 Å². The van der Waals surface area contributed by atoms with E-state index in [4.69, 9.17) is 9.84 Å². The van der Waals surface area contributed by atoms with Gasteiger partial charge in [0.05, 0.1) is 5.60 Å². The summed E-state index contributed by atoms with van der Waals surface area (Å²) in [6.07, 6.45) is 5.97. The molecule has 0 aromatic heterocycles.